The van der Waals surface area contributed by atoms with Crippen molar-refractivity contribution in [2.75, 3.05) is 18.6 Å². The molecule has 0 aliphatic carbocycles. The number of halogens is 3. The second-order valence-electron chi connectivity index (χ2n) is 4.22. The zero-order chi connectivity index (χ0) is 17.8. The lowest BCUT2D eigenvalue weighted by Gasteiger charge is -2.08. The van der Waals surface area contributed by atoms with E-state index in [1.165, 1.54) is 0 Å². The third kappa shape index (κ3) is 6.44. The molecule has 1 aromatic carbocycles. The molecule has 1 aromatic rings. The maximum absolute atomic E-state index is 11.9. The molecule has 0 fully saturated rings. The number of nitro benzene ring substituents is 1. The van der Waals surface area contributed by atoms with Crippen LogP contribution in [0.4, 0.5) is 18.9 Å². The van der Waals surface area contributed by atoms with Crippen LogP contribution in [0.3, 0.4) is 0 Å². The fourth-order valence-electron chi connectivity index (χ4n) is 1.33. The number of hydrogen-bond acceptors (Lipinski definition) is 7. The van der Waals surface area contributed by atoms with Crippen molar-refractivity contribution in [1.29, 1.82) is 0 Å². The Balaban J connectivity index is 2.85. The van der Waals surface area contributed by atoms with Gasteiger partial charge in [-0.3, -0.25) is 14.9 Å². The number of benzene rings is 1. The van der Waals surface area contributed by atoms with Gasteiger partial charge in [-0.2, -0.15) is 13.2 Å². The number of rotatable bonds is 6. The van der Waals surface area contributed by atoms with Crippen LogP contribution in [0.25, 0.3) is 0 Å². The van der Waals surface area contributed by atoms with Crippen LogP contribution < -0.4 is 0 Å². The van der Waals surface area contributed by atoms with E-state index in [0.717, 1.165) is 24.5 Å². The summed E-state index contributed by atoms with van der Waals surface area (Å²) in [6.45, 7) is -1.75. The Morgan fingerprint density at radius 3 is 2.48 bits per heavy atom. The number of esters is 1. The maximum atomic E-state index is 11.9. The molecule has 0 spiro atoms. The molecule has 0 saturated carbocycles. The first-order valence-electron chi connectivity index (χ1n) is 5.74. The summed E-state index contributed by atoms with van der Waals surface area (Å²) in [5.41, 5.74) is -0.568. The van der Waals surface area contributed by atoms with Crippen LogP contribution in [0.2, 0.25) is 0 Å². The lowest BCUT2D eigenvalue weighted by Crippen LogP contribution is -2.21. The molecule has 0 atom stereocenters. The van der Waals surface area contributed by atoms with Crippen LogP contribution in [0.1, 0.15) is 0 Å². The SMILES string of the molecule is CS(=O)(=O)c1ccc(SCC(=O)OCC(F)(F)F)c([N+](=O)[O-])c1. The van der Waals surface area contributed by atoms with Gasteiger partial charge in [-0.1, -0.05) is 0 Å². The molecule has 0 N–H and O–H groups in total. The molecule has 0 amide bonds. The molecule has 12 heteroatoms. The van der Waals surface area contributed by atoms with Gasteiger partial charge in [0.25, 0.3) is 5.69 Å². The van der Waals surface area contributed by atoms with E-state index < -0.39 is 45.0 Å². The Labute approximate surface area is 132 Å². The van der Waals surface area contributed by atoms with Crippen molar-refractivity contribution in [3.8, 4) is 0 Å². The summed E-state index contributed by atoms with van der Waals surface area (Å²) in [6.07, 6.45) is -3.79. The fraction of sp³-hybridized carbons (Fsp3) is 0.364. The van der Waals surface area contributed by atoms with E-state index in [1.807, 2.05) is 0 Å². The summed E-state index contributed by atoms with van der Waals surface area (Å²) in [4.78, 5) is 20.9. The first kappa shape index (κ1) is 19.2. The smallest absolute Gasteiger partial charge is 0.422 e. The number of hydrogen-bond donors (Lipinski definition) is 0. The molecule has 1 rings (SSSR count). The van der Waals surface area contributed by atoms with Crippen molar-refractivity contribution in [1.82, 2.24) is 0 Å². The van der Waals surface area contributed by atoms with Gasteiger partial charge in [0.05, 0.1) is 20.5 Å². The highest BCUT2D eigenvalue weighted by molar-refractivity contribution is 8.00. The number of ether oxygens (including phenoxy) is 1. The summed E-state index contributed by atoms with van der Waals surface area (Å²) < 4.78 is 62.3. The zero-order valence-corrected chi connectivity index (χ0v) is 13.1. The summed E-state index contributed by atoms with van der Waals surface area (Å²) in [7, 11) is -3.66. The number of thioether (sulfide) groups is 1. The van der Waals surface area contributed by atoms with Gasteiger partial charge in [-0.05, 0) is 12.1 Å². The van der Waals surface area contributed by atoms with E-state index in [1.54, 1.807) is 0 Å². The highest BCUT2D eigenvalue weighted by atomic mass is 32.2. The number of carbonyl (C=O) groups is 1. The largest absolute Gasteiger partial charge is 0.455 e. The van der Waals surface area contributed by atoms with E-state index >= 15 is 0 Å². The van der Waals surface area contributed by atoms with Gasteiger partial charge in [-0.15, -0.1) is 11.8 Å². The molecule has 0 aromatic heterocycles. The fourth-order valence-corrected chi connectivity index (χ4v) is 2.78. The molecular formula is C11H10F3NO6S2. The predicted molar refractivity (Wildman–Crippen MR) is 73.9 cm³/mol. The predicted octanol–water partition coefficient (Wildman–Crippen LogP) is 2.20. The van der Waals surface area contributed by atoms with E-state index in [-0.39, 0.29) is 9.79 Å². The first-order chi connectivity index (χ1) is 10.4. The van der Waals surface area contributed by atoms with Crippen LogP contribution in [0, 0.1) is 10.1 Å². The first-order valence-corrected chi connectivity index (χ1v) is 8.61. The molecule has 0 heterocycles. The Kier molecular flexibility index (Phi) is 5.99. The van der Waals surface area contributed by atoms with Crippen molar-refractivity contribution < 1.29 is 36.0 Å². The second-order valence-corrected chi connectivity index (χ2v) is 7.26. The van der Waals surface area contributed by atoms with Gasteiger partial charge in [0.1, 0.15) is 0 Å². The lowest BCUT2D eigenvalue weighted by molar-refractivity contribution is -0.388. The van der Waals surface area contributed by atoms with E-state index in [2.05, 4.69) is 4.74 Å². The van der Waals surface area contributed by atoms with Crippen LogP contribution in [-0.2, 0) is 19.4 Å². The van der Waals surface area contributed by atoms with Gasteiger partial charge in [0.15, 0.2) is 16.4 Å². The molecule has 0 saturated heterocycles. The minimum absolute atomic E-state index is 0.0636. The molecule has 0 aliphatic heterocycles. The minimum Gasteiger partial charge on any atom is -0.455 e. The molecule has 0 bridgehead atoms. The summed E-state index contributed by atoms with van der Waals surface area (Å²) in [5, 5.41) is 10.9. The maximum Gasteiger partial charge on any atom is 0.422 e. The van der Waals surface area contributed by atoms with Crippen molar-refractivity contribution in [2.24, 2.45) is 0 Å². The zero-order valence-electron chi connectivity index (χ0n) is 11.5. The van der Waals surface area contributed by atoms with Crippen molar-refractivity contribution in [3.05, 3.63) is 28.3 Å². The molecule has 23 heavy (non-hydrogen) atoms. The van der Waals surface area contributed by atoms with Gasteiger partial charge < -0.3 is 4.74 Å². The highest BCUT2D eigenvalue weighted by Gasteiger charge is 2.29. The summed E-state index contributed by atoms with van der Waals surface area (Å²) in [5.74, 6) is -1.79. The second kappa shape index (κ2) is 7.17. The van der Waals surface area contributed by atoms with Gasteiger partial charge in [0.2, 0.25) is 0 Å². The number of sulfone groups is 1. The minimum atomic E-state index is -4.66. The Morgan fingerprint density at radius 2 is 2.00 bits per heavy atom. The van der Waals surface area contributed by atoms with Crippen LogP contribution >= 0.6 is 11.8 Å². The third-order valence-electron chi connectivity index (χ3n) is 2.30. The van der Waals surface area contributed by atoms with Crippen molar-refractivity contribution in [3.63, 3.8) is 0 Å². The van der Waals surface area contributed by atoms with Gasteiger partial charge in [-0.25, -0.2) is 8.42 Å². The number of carbonyl (C=O) groups excluding carboxylic acids is 1. The molecule has 0 unspecified atom stereocenters. The molecule has 0 aliphatic rings. The summed E-state index contributed by atoms with van der Waals surface area (Å²) >= 11 is 0.575. The van der Waals surface area contributed by atoms with Gasteiger partial charge in [0, 0.05) is 12.3 Å². The normalized spacial score (nSPS) is 12.0. The van der Waals surface area contributed by atoms with Crippen molar-refractivity contribution >= 4 is 33.3 Å². The number of nitrogens with zero attached hydrogens (tertiary/aromatic N) is 1. The quantitative estimate of drug-likeness (QED) is 0.326. The van der Waals surface area contributed by atoms with E-state index in [9.17, 15) is 36.5 Å². The van der Waals surface area contributed by atoms with Crippen LogP contribution in [0.5, 0.6) is 0 Å². The van der Waals surface area contributed by atoms with E-state index in [0.29, 0.717) is 11.8 Å². The number of alkyl halides is 3. The molecule has 7 nitrogen and oxygen atoms in total. The standard InChI is InChI=1S/C11H10F3NO6S2/c1-23(19,20)7-2-3-9(8(4-7)15(17)18)22-5-10(16)21-6-11(12,13)14/h2-4H,5-6H2,1H3. The van der Waals surface area contributed by atoms with Gasteiger partial charge >= 0.3 is 12.1 Å². The Bertz CT molecular complexity index is 717. The van der Waals surface area contributed by atoms with Crippen LogP contribution in [-0.4, -0.2) is 44.1 Å². The number of nitro groups is 1. The molecular weight excluding hydrogens is 363 g/mol. The monoisotopic (exact) mass is 373 g/mol. The average molecular weight is 373 g/mol. The Morgan fingerprint density at radius 1 is 1.39 bits per heavy atom. The average Bonchev–Trinajstić information content (AvgIpc) is 2.40. The molecule has 128 valence electrons. The lowest BCUT2D eigenvalue weighted by atomic mass is 10.3. The van der Waals surface area contributed by atoms with E-state index in [4.69, 9.17) is 0 Å². The topological polar surface area (TPSA) is 104 Å². The van der Waals surface area contributed by atoms with Crippen LogP contribution in [0.15, 0.2) is 28.0 Å². The third-order valence-corrected chi connectivity index (χ3v) is 4.44. The highest BCUT2D eigenvalue weighted by Crippen LogP contribution is 2.31. The Hall–Kier alpha value is -1.82. The molecule has 0 radical (unpaired) electrons. The summed E-state index contributed by atoms with van der Waals surface area (Å²) in [6, 6.07) is 3.03. The van der Waals surface area contributed by atoms with Crippen molar-refractivity contribution in [2.45, 2.75) is 16.0 Å².